The number of amides is 1. The highest BCUT2D eigenvalue weighted by molar-refractivity contribution is 5.91. The van der Waals surface area contributed by atoms with Gasteiger partial charge in [0, 0.05) is 12.6 Å². The number of nitrogens with zero attached hydrogens (tertiary/aromatic N) is 3. The molecule has 0 bridgehead atoms. The highest BCUT2D eigenvalue weighted by atomic mass is 16.6. The van der Waals surface area contributed by atoms with Gasteiger partial charge in [0.05, 0.1) is 30.6 Å². The summed E-state index contributed by atoms with van der Waals surface area (Å²) in [6, 6.07) is 14.3. The SMILES string of the molecule is C[C@@H](O)c1cc2n(n1)CCN(C(=O)c1ccc(Oc3ccccc3)o1)C2. The van der Waals surface area contributed by atoms with Gasteiger partial charge in [0.25, 0.3) is 11.9 Å². The molecule has 0 spiro atoms. The van der Waals surface area contributed by atoms with E-state index in [0.29, 0.717) is 31.1 Å². The fraction of sp³-hybridized carbons (Fsp3) is 0.263. The van der Waals surface area contributed by atoms with Crippen LogP contribution in [0.5, 0.6) is 11.7 Å². The van der Waals surface area contributed by atoms with Gasteiger partial charge in [-0.1, -0.05) is 18.2 Å². The first-order chi connectivity index (χ1) is 12.6. The molecule has 1 amide bonds. The van der Waals surface area contributed by atoms with Gasteiger partial charge in [-0.15, -0.1) is 0 Å². The van der Waals surface area contributed by atoms with Crippen molar-refractivity contribution >= 4 is 5.91 Å². The summed E-state index contributed by atoms with van der Waals surface area (Å²) >= 11 is 0. The van der Waals surface area contributed by atoms with Crippen molar-refractivity contribution in [3.05, 3.63) is 65.7 Å². The Morgan fingerprint density at radius 3 is 2.81 bits per heavy atom. The van der Waals surface area contributed by atoms with E-state index in [1.165, 1.54) is 0 Å². The Morgan fingerprint density at radius 2 is 2.04 bits per heavy atom. The molecule has 0 radical (unpaired) electrons. The molecular weight excluding hydrogens is 334 g/mol. The average molecular weight is 353 g/mol. The van der Waals surface area contributed by atoms with Gasteiger partial charge in [-0.3, -0.25) is 9.48 Å². The summed E-state index contributed by atoms with van der Waals surface area (Å²) in [5, 5.41) is 14.0. The van der Waals surface area contributed by atoms with Gasteiger partial charge >= 0.3 is 0 Å². The molecule has 3 heterocycles. The first-order valence-corrected chi connectivity index (χ1v) is 8.47. The second kappa shape index (κ2) is 6.68. The summed E-state index contributed by atoms with van der Waals surface area (Å²) in [5.41, 5.74) is 1.51. The van der Waals surface area contributed by atoms with Gasteiger partial charge in [-0.25, -0.2) is 0 Å². The average Bonchev–Trinajstić information content (AvgIpc) is 3.28. The van der Waals surface area contributed by atoms with E-state index < -0.39 is 6.10 Å². The van der Waals surface area contributed by atoms with Gasteiger partial charge < -0.3 is 19.2 Å². The van der Waals surface area contributed by atoms with E-state index in [-0.39, 0.29) is 17.6 Å². The van der Waals surface area contributed by atoms with E-state index in [9.17, 15) is 9.90 Å². The molecule has 7 heteroatoms. The van der Waals surface area contributed by atoms with E-state index in [2.05, 4.69) is 5.10 Å². The maximum atomic E-state index is 12.7. The summed E-state index contributed by atoms with van der Waals surface area (Å²) in [5.74, 6) is 0.963. The van der Waals surface area contributed by atoms with Crippen molar-refractivity contribution in [1.82, 2.24) is 14.7 Å². The van der Waals surface area contributed by atoms with Crippen molar-refractivity contribution in [3.63, 3.8) is 0 Å². The maximum Gasteiger partial charge on any atom is 0.290 e. The van der Waals surface area contributed by atoms with Crippen LogP contribution < -0.4 is 4.74 Å². The first kappa shape index (κ1) is 16.4. The van der Waals surface area contributed by atoms with E-state index in [0.717, 1.165) is 5.69 Å². The largest absolute Gasteiger partial charge is 0.426 e. The van der Waals surface area contributed by atoms with Crippen LogP contribution in [0.3, 0.4) is 0 Å². The summed E-state index contributed by atoms with van der Waals surface area (Å²) in [6.07, 6.45) is -0.625. The minimum absolute atomic E-state index is 0.195. The number of carbonyl (C=O) groups is 1. The fourth-order valence-electron chi connectivity index (χ4n) is 2.92. The molecule has 4 rings (SSSR count). The zero-order valence-electron chi connectivity index (χ0n) is 14.3. The lowest BCUT2D eigenvalue weighted by molar-refractivity contribution is 0.0668. The topological polar surface area (TPSA) is 80.7 Å². The summed E-state index contributed by atoms with van der Waals surface area (Å²) in [4.78, 5) is 14.4. The number of aromatic nitrogens is 2. The minimum atomic E-state index is -0.625. The number of para-hydroxylation sites is 1. The summed E-state index contributed by atoms with van der Waals surface area (Å²) in [7, 11) is 0. The monoisotopic (exact) mass is 353 g/mol. The Bertz CT molecular complexity index is 914. The lowest BCUT2D eigenvalue weighted by atomic mass is 10.2. The third-order valence-corrected chi connectivity index (χ3v) is 4.29. The van der Waals surface area contributed by atoms with Crippen LogP contribution in [0.15, 0.2) is 52.9 Å². The van der Waals surface area contributed by atoms with Gasteiger partial charge in [0.2, 0.25) is 0 Å². The zero-order valence-corrected chi connectivity index (χ0v) is 14.3. The molecule has 0 fully saturated rings. The molecule has 0 saturated heterocycles. The molecule has 2 aromatic heterocycles. The standard InChI is InChI=1S/C19H19N3O4/c1-13(23)16-11-14-12-21(9-10-22(14)20-16)19(24)17-7-8-18(26-17)25-15-5-3-2-4-6-15/h2-8,11,13,23H,9-10,12H2,1H3/t13-/m1/s1. The number of ether oxygens (including phenoxy) is 1. The van der Waals surface area contributed by atoms with Crippen molar-refractivity contribution < 1.29 is 19.1 Å². The number of benzene rings is 1. The van der Waals surface area contributed by atoms with Crippen LogP contribution in [0.25, 0.3) is 0 Å². The molecule has 1 atom stereocenters. The molecule has 0 unspecified atom stereocenters. The number of carbonyl (C=O) groups excluding carboxylic acids is 1. The normalized spacial score (nSPS) is 14.8. The van der Waals surface area contributed by atoms with Crippen LogP contribution in [0.1, 0.15) is 35.0 Å². The molecule has 0 aliphatic carbocycles. The fourth-order valence-corrected chi connectivity index (χ4v) is 2.92. The minimum Gasteiger partial charge on any atom is -0.426 e. The molecule has 1 N–H and O–H groups in total. The lowest BCUT2D eigenvalue weighted by Crippen LogP contribution is -2.38. The van der Waals surface area contributed by atoms with Crippen molar-refractivity contribution in [3.8, 4) is 11.7 Å². The number of fused-ring (bicyclic) bond motifs is 1. The molecule has 134 valence electrons. The number of hydrogen-bond acceptors (Lipinski definition) is 5. The van der Waals surface area contributed by atoms with E-state index >= 15 is 0 Å². The Labute approximate surface area is 150 Å². The van der Waals surface area contributed by atoms with Gasteiger partial charge in [-0.2, -0.15) is 5.10 Å². The molecule has 3 aromatic rings. The predicted octanol–water partition coefficient (Wildman–Crippen LogP) is 2.98. The van der Waals surface area contributed by atoms with Gasteiger partial charge in [0.15, 0.2) is 5.76 Å². The van der Waals surface area contributed by atoms with Crippen LogP contribution >= 0.6 is 0 Å². The van der Waals surface area contributed by atoms with Crippen molar-refractivity contribution in [2.75, 3.05) is 6.54 Å². The Hall–Kier alpha value is -3.06. The van der Waals surface area contributed by atoms with E-state index in [1.54, 1.807) is 24.0 Å². The number of rotatable bonds is 4. The van der Waals surface area contributed by atoms with Gasteiger partial charge in [-0.05, 0) is 31.2 Å². The lowest BCUT2D eigenvalue weighted by Gasteiger charge is -2.26. The summed E-state index contributed by atoms with van der Waals surface area (Å²) in [6.45, 7) is 3.22. The third kappa shape index (κ3) is 3.21. The Kier molecular flexibility index (Phi) is 4.22. The number of aliphatic hydroxyl groups is 1. The molecule has 0 saturated carbocycles. The first-order valence-electron chi connectivity index (χ1n) is 8.47. The van der Waals surface area contributed by atoms with Crippen molar-refractivity contribution in [2.24, 2.45) is 0 Å². The van der Waals surface area contributed by atoms with E-state index in [4.69, 9.17) is 9.15 Å². The Morgan fingerprint density at radius 1 is 1.23 bits per heavy atom. The van der Waals surface area contributed by atoms with E-state index in [1.807, 2.05) is 41.1 Å². The molecule has 1 aromatic carbocycles. The Balaban J connectivity index is 1.46. The third-order valence-electron chi connectivity index (χ3n) is 4.29. The second-order valence-electron chi connectivity index (χ2n) is 6.22. The molecule has 7 nitrogen and oxygen atoms in total. The van der Waals surface area contributed by atoms with Crippen LogP contribution in [0.4, 0.5) is 0 Å². The van der Waals surface area contributed by atoms with Crippen molar-refractivity contribution in [1.29, 1.82) is 0 Å². The summed E-state index contributed by atoms with van der Waals surface area (Å²) < 4.78 is 13.0. The molecule has 26 heavy (non-hydrogen) atoms. The zero-order chi connectivity index (χ0) is 18.1. The van der Waals surface area contributed by atoms with Crippen LogP contribution in [-0.4, -0.2) is 32.2 Å². The predicted molar refractivity (Wildman–Crippen MR) is 92.8 cm³/mol. The molecule has 1 aliphatic heterocycles. The number of furan rings is 1. The number of hydrogen-bond donors (Lipinski definition) is 1. The maximum absolute atomic E-state index is 12.7. The van der Waals surface area contributed by atoms with Crippen LogP contribution in [0.2, 0.25) is 0 Å². The highest BCUT2D eigenvalue weighted by Gasteiger charge is 2.26. The molecule has 1 aliphatic rings. The van der Waals surface area contributed by atoms with Crippen LogP contribution in [-0.2, 0) is 13.1 Å². The number of aliphatic hydroxyl groups excluding tert-OH is 1. The van der Waals surface area contributed by atoms with Crippen LogP contribution in [0, 0.1) is 0 Å². The smallest absolute Gasteiger partial charge is 0.290 e. The quantitative estimate of drug-likeness (QED) is 0.780. The highest BCUT2D eigenvalue weighted by Crippen LogP contribution is 2.25. The van der Waals surface area contributed by atoms with Crippen molar-refractivity contribution in [2.45, 2.75) is 26.1 Å². The van der Waals surface area contributed by atoms with Gasteiger partial charge in [0.1, 0.15) is 5.75 Å². The molecular formula is C19H19N3O4. The second-order valence-corrected chi connectivity index (χ2v) is 6.22.